The van der Waals surface area contributed by atoms with Crippen LogP contribution in [-0.4, -0.2) is 59.8 Å². The lowest BCUT2D eigenvalue weighted by molar-refractivity contribution is -0.384. The molecule has 4 aromatic carbocycles. The summed E-state index contributed by atoms with van der Waals surface area (Å²) in [6.07, 6.45) is 4.11. The Labute approximate surface area is 320 Å². The molecule has 0 saturated heterocycles. The van der Waals surface area contributed by atoms with Crippen molar-refractivity contribution in [2.75, 3.05) is 16.6 Å². The highest BCUT2D eigenvalue weighted by Crippen LogP contribution is 2.41. The maximum absolute atomic E-state index is 13.7. The molecule has 0 unspecified atom stereocenters. The second-order valence-corrected chi connectivity index (χ2v) is 14.4. The summed E-state index contributed by atoms with van der Waals surface area (Å²) in [7, 11) is -10.8. The lowest BCUT2D eigenvalue weighted by atomic mass is 9.92. The summed E-state index contributed by atoms with van der Waals surface area (Å²) in [6, 6.07) is 18.2. The van der Waals surface area contributed by atoms with Crippen LogP contribution in [0.4, 0.5) is 34.1 Å². The summed E-state index contributed by atoms with van der Waals surface area (Å²) >= 11 is 0. The summed E-state index contributed by atoms with van der Waals surface area (Å²) in [6.45, 7) is 0. The van der Waals surface area contributed by atoms with Gasteiger partial charge in [0.25, 0.3) is 5.69 Å². The Balaban J connectivity index is 1.25. The SMILES string of the molecule is Nc1c(N=Nc2ccc([N+](=O)[O-])cc2)c(S(=O)(=O)[O-])cc2c1C(=O)C(=NNc1ccc(-c3ccc(NN=C4C=CC(=O)C(C(=O)[O-])=C4)cc3)cc1)C(S(=O)(=O)[O-])=C2. The standard InChI is InChI=1S/C35H24N8O12S2/c36-31-30-20(15-28(56(50,51)52)32(31)41-38-23-9-12-25(13-10-23)43(48)49)16-29(57(53,54)55)33(34(30)45)42-39-22-7-3-19(4-8-22)18-1-5-21(6-2-18)37-40-24-11-14-27(44)26(17-24)35(46)47/h1-17,37,39H,36H2,(H,46,47)(H,50,51,52)(H,53,54,55)/p-3. The molecule has 6 rings (SSSR count). The Bertz CT molecular complexity index is 2810. The molecule has 288 valence electrons. The molecular weight excluding hydrogens is 789 g/mol. The average molecular weight is 810 g/mol. The molecule has 0 amide bonds. The Morgan fingerprint density at radius 1 is 0.754 bits per heavy atom. The number of hydrogen-bond donors (Lipinski definition) is 3. The van der Waals surface area contributed by atoms with Gasteiger partial charge in [0.2, 0.25) is 5.78 Å². The van der Waals surface area contributed by atoms with Gasteiger partial charge in [-0.15, -0.1) is 5.11 Å². The lowest BCUT2D eigenvalue weighted by Crippen LogP contribution is -2.29. The van der Waals surface area contributed by atoms with E-state index in [0.29, 0.717) is 23.4 Å². The summed E-state index contributed by atoms with van der Waals surface area (Å²) in [4.78, 5) is 44.5. The normalized spacial score (nSPS) is 15.7. The number of non-ortho nitro benzene ring substituents is 1. The molecule has 2 aliphatic rings. The van der Waals surface area contributed by atoms with Gasteiger partial charge in [-0.05, 0) is 83.5 Å². The fourth-order valence-corrected chi connectivity index (χ4v) is 6.61. The van der Waals surface area contributed by atoms with Gasteiger partial charge in [-0.2, -0.15) is 15.3 Å². The number of benzene rings is 4. The third-order valence-corrected chi connectivity index (χ3v) is 9.76. The van der Waals surface area contributed by atoms with Crippen molar-refractivity contribution in [3.05, 3.63) is 129 Å². The molecule has 0 heterocycles. The minimum atomic E-state index is -5.45. The van der Waals surface area contributed by atoms with Crippen molar-refractivity contribution in [3.63, 3.8) is 0 Å². The number of nitro benzene ring substituents is 1. The van der Waals surface area contributed by atoms with Crippen molar-refractivity contribution in [2.45, 2.75) is 4.90 Å². The van der Waals surface area contributed by atoms with Crippen LogP contribution in [0.5, 0.6) is 0 Å². The van der Waals surface area contributed by atoms with E-state index in [1.807, 2.05) is 0 Å². The van der Waals surface area contributed by atoms with Gasteiger partial charge < -0.3 is 24.7 Å². The number of nitrogens with zero attached hydrogens (tertiary/aromatic N) is 5. The second kappa shape index (κ2) is 15.3. The molecule has 0 aliphatic heterocycles. The molecule has 0 saturated carbocycles. The number of nitro groups is 1. The number of fused-ring (bicyclic) bond motifs is 1. The minimum Gasteiger partial charge on any atom is -0.744 e. The van der Waals surface area contributed by atoms with E-state index in [9.17, 15) is 55.5 Å². The van der Waals surface area contributed by atoms with Crippen LogP contribution in [0, 0.1) is 10.1 Å². The predicted octanol–water partition coefficient (Wildman–Crippen LogP) is 3.30. The van der Waals surface area contributed by atoms with Crippen LogP contribution in [0.25, 0.3) is 17.2 Å². The molecule has 2 aliphatic carbocycles. The van der Waals surface area contributed by atoms with Crippen molar-refractivity contribution < 1.29 is 50.4 Å². The highest BCUT2D eigenvalue weighted by atomic mass is 32.2. The van der Waals surface area contributed by atoms with Gasteiger partial charge >= 0.3 is 0 Å². The Morgan fingerprint density at radius 3 is 1.86 bits per heavy atom. The number of aliphatic carboxylic acids is 1. The first-order valence-corrected chi connectivity index (χ1v) is 18.6. The molecule has 0 spiro atoms. The molecule has 20 nitrogen and oxygen atoms in total. The molecular formula is C35H21N8O12S2-3. The summed E-state index contributed by atoms with van der Waals surface area (Å²) < 4.78 is 73.5. The molecule has 4 N–H and O–H groups in total. The van der Waals surface area contributed by atoms with E-state index >= 15 is 0 Å². The first-order chi connectivity index (χ1) is 26.9. The minimum absolute atomic E-state index is 0.0298. The number of Topliss-reactive ketones (excluding diaryl/α,β-unsaturated/α-hetero) is 1. The van der Waals surface area contributed by atoms with E-state index in [-0.39, 0.29) is 22.8 Å². The third kappa shape index (κ3) is 8.58. The number of carboxylic acid groups (broad SMARTS) is 1. The van der Waals surface area contributed by atoms with Crippen molar-refractivity contribution in [1.29, 1.82) is 0 Å². The van der Waals surface area contributed by atoms with Gasteiger partial charge in [0.1, 0.15) is 31.6 Å². The van der Waals surface area contributed by atoms with Gasteiger partial charge in [-0.1, -0.05) is 24.3 Å². The summed E-state index contributed by atoms with van der Waals surface area (Å²) in [5.74, 6) is -3.58. The zero-order valence-electron chi connectivity index (χ0n) is 28.3. The smallest absolute Gasteiger partial charge is 0.269 e. The number of nitrogen functional groups attached to an aromatic ring is 1. The number of hydrogen-bond acceptors (Lipinski definition) is 19. The predicted molar refractivity (Wildman–Crippen MR) is 199 cm³/mol. The van der Waals surface area contributed by atoms with E-state index in [2.05, 4.69) is 31.3 Å². The molecule has 22 heteroatoms. The highest BCUT2D eigenvalue weighted by molar-refractivity contribution is 7.91. The largest absolute Gasteiger partial charge is 0.744 e. The highest BCUT2D eigenvalue weighted by Gasteiger charge is 2.34. The number of nitrogens with two attached hydrogens (primary N) is 1. The number of hydrazone groups is 2. The van der Waals surface area contributed by atoms with Crippen molar-refractivity contribution in [2.24, 2.45) is 20.4 Å². The summed E-state index contributed by atoms with van der Waals surface area (Å²) in [5, 5.41) is 37.5. The molecule has 57 heavy (non-hydrogen) atoms. The monoisotopic (exact) mass is 809 g/mol. The molecule has 0 radical (unpaired) electrons. The average Bonchev–Trinajstić information content (AvgIpc) is 3.16. The van der Waals surface area contributed by atoms with Crippen molar-refractivity contribution in [3.8, 4) is 11.1 Å². The van der Waals surface area contributed by atoms with Crippen LogP contribution >= 0.6 is 0 Å². The van der Waals surface area contributed by atoms with Gasteiger partial charge in [-0.3, -0.25) is 30.6 Å². The zero-order chi connectivity index (χ0) is 41.2. The van der Waals surface area contributed by atoms with Gasteiger partial charge in [0.05, 0.1) is 54.7 Å². The van der Waals surface area contributed by atoms with E-state index in [4.69, 9.17) is 5.73 Å². The Morgan fingerprint density at radius 2 is 1.33 bits per heavy atom. The first-order valence-electron chi connectivity index (χ1n) is 15.8. The number of rotatable bonds is 11. The number of nitrogens with one attached hydrogen (secondary N) is 2. The number of anilines is 3. The quantitative estimate of drug-likeness (QED) is 0.0372. The zero-order valence-corrected chi connectivity index (χ0v) is 30.0. The van der Waals surface area contributed by atoms with Crippen molar-refractivity contribution >= 4 is 89.4 Å². The van der Waals surface area contributed by atoms with E-state index < -0.39 is 86.3 Å². The number of carbonyl (C=O) groups excluding carboxylic acids is 3. The third-order valence-electron chi connectivity index (χ3n) is 8.06. The summed E-state index contributed by atoms with van der Waals surface area (Å²) in [5.41, 5.74) is 9.43. The Hall–Kier alpha value is -7.53. The molecule has 4 aromatic rings. The number of allylic oxidation sites excluding steroid dienone is 4. The van der Waals surface area contributed by atoms with Crippen LogP contribution in [-0.2, 0) is 29.8 Å². The first kappa shape index (κ1) is 39.2. The van der Waals surface area contributed by atoms with Crippen molar-refractivity contribution in [1.82, 2.24) is 0 Å². The maximum atomic E-state index is 13.7. The Kier molecular flexibility index (Phi) is 10.5. The molecule has 0 aromatic heterocycles. The van der Waals surface area contributed by atoms with Crippen LogP contribution in [0.15, 0.2) is 133 Å². The van der Waals surface area contributed by atoms with Crippen LogP contribution in [0.1, 0.15) is 15.9 Å². The van der Waals surface area contributed by atoms with Gasteiger partial charge in [0.15, 0.2) is 5.78 Å². The molecule has 0 bridgehead atoms. The van der Waals surface area contributed by atoms with Gasteiger partial charge in [-0.25, -0.2) is 16.8 Å². The van der Waals surface area contributed by atoms with E-state index in [0.717, 1.165) is 42.0 Å². The van der Waals surface area contributed by atoms with E-state index in [1.165, 1.54) is 18.2 Å². The van der Waals surface area contributed by atoms with Crippen LogP contribution in [0.3, 0.4) is 0 Å². The van der Waals surface area contributed by atoms with Crippen LogP contribution in [0.2, 0.25) is 0 Å². The van der Waals surface area contributed by atoms with E-state index in [1.54, 1.807) is 36.4 Å². The topological polar surface area (TPSA) is 331 Å². The van der Waals surface area contributed by atoms with Gasteiger partial charge in [0, 0.05) is 17.7 Å². The second-order valence-electron chi connectivity index (χ2n) is 11.7. The number of azo groups is 1. The maximum Gasteiger partial charge on any atom is 0.269 e. The molecule has 0 fully saturated rings. The van der Waals surface area contributed by atoms with Crippen LogP contribution < -0.4 is 21.7 Å². The number of carbonyl (C=O) groups is 3. The fraction of sp³-hybridized carbons (Fsp3) is 0. The number of ketones is 2. The number of carboxylic acids is 1. The fourth-order valence-electron chi connectivity index (χ4n) is 5.31. The molecule has 0 atom stereocenters. The lowest BCUT2D eigenvalue weighted by Gasteiger charge is -2.23.